The first-order valence-electron chi connectivity index (χ1n) is 10.1. The minimum absolute atomic E-state index is 0.0582. The molecule has 2 aliphatic rings. The molecular formula is C21H33NO3S. The van der Waals surface area contributed by atoms with E-state index in [4.69, 9.17) is 5.73 Å². The number of benzene rings is 1. The average molecular weight is 380 g/mol. The number of rotatable bonds is 7. The number of hydrogen-bond acceptors (Lipinski definition) is 4. The van der Waals surface area contributed by atoms with Crippen molar-refractivity contribution in [3.05, 3.63) is 34.9 Å². The molecule has 1 aromatic rings. The van der Waals surface area contributed by atoms with Gasteiger partial charge in [0.1, 0.15) is 0 Å². The molecule has 3 N–H and O–H groups in total. The Morgan fingerprint density at radius 2 is 2.08 bits per heavy atom. The Hall–Kier alpha value is -0.910. The van der Waals surface area contributed by atoms with E-state index in [-0.39, 0.29) is 12.5 Å². The molecule has 0 radical (unpaired) electrons. The zero-order valence-electron chi connectivity index (χ0n) is 15.9. The molecule has 1 fully saturated rings. The summed E-state index contributed by atoms with van der Waals surface area (Å²) in [5.41, 5.74) is 9.84. The highest BCUT2D eigenvalue weighted by Gasteiger charge is 2.36. The summed E-state index contributed by atoms with van der Waals surface area (Å²) in [6, 6.07) is 6.70. The monoisotopic (exact) mass is 379 g/mol. The first-order chi connectivity index (χ1) is 12.3. The summed E-state index contributed by atoms with van der Waals surface area (Å²) in [5, 5.41) is 9.48. The number of aliphatic hydroxyl groups is 1. The average Bonchev–Trinajstić information content (AvgIpc) is 3.02. The Morgan fingerprint density at radius 1 is 1.27 bits per heavy atom. The van der Waals surface area contributed by atoms with Crippen LogP contribution in [0.4, 0.5) is 0 Å². The Kier molecular flexibility index (Phi) is 6.10. The van der Waals surface area contributed by atoms with Gasteiger partial charge in [0.2, 0.25) is 0 Å². The van der Waals surface area contributed by atoms with Gasteiger partial charge in [-0.3, -0.25) is 0 Å². The van der Waals surface area contributed by atoms with Gasteiger partial charge in [0, 0.05) is 5.54 Å². The van der Waals surface area contributed by atoms with Crippen LogP contribution >= 0.6 is 0 Å². The lowest BCUT2D eigenvalue weighted by Gasteiger charge is -2.26. The third kappa shape index (κ3) is 4.68. The molecule has 0 heterocycles. The topological polar surface area (TPSA) is 80.4 Å². The molecule has 146 valence electrons. The number of sulfone groups is 1. The maximum Gasteiger partial charge on any atom is 0.150 e. The molecule has 0 aromatic heterocycles. The maximum absolute atomic E-state index is 12.3. The van der Waals surface area contributed by atoms with Crippen LogP contribution in [-0.2, 0) is 22.7 Å². The summed E-state index contributed by atoms with van der Waals surface area (Å²) in [6.07, 6.45) is 7.27. The van der Waals surface area contributed by atoms with Crippen molar-refractivity contribution in [3.63, 3.8) is 0 Å². The van der Waals surface area contributed by atoms with Crippen LogP contribution in [-0.4, -0.2) is 37.2 Å². The molecule has 26 heavy (non-hydrogen) atoms. The van der Waals surface area contributed by atoms with Gasteiger partial charge in [-0.25, -0.2) is 8.42 Å². The highest BCUT2D eigenvalue weighted by atomic mass is 32.2. The molecular weight excluding hydrogens is 346 g/mol. The quantitative estimate of drug-likeness (QED) is 0.763. The van der Waals surface area contributed by atoms with Crippen molar-refractivity contribution < 1.29 is 13.5 Å². The van der Waals surface area contributed by atoms with Crippen LogP contribution in [0, 0.1) is 5.92 Å². The summed E-state index contributed by atoms with van der Waals surface area (Å²) in [5.74, 6) is 1.36. The Labute approximate surface area is 158 Å². The number of nitrogens with two attached hydrogens (primary N) is 1. The molecule has 2 aliphatic carbocycles. The lowest BCUT2D eigenvalue weighted by molar-refractivity contribution is 0.198. The standard InChI is InChI=1S/C21H33NO3S/c1-2-3-10-26(24,25)14-16-4-5-18-12-19(7-6-17(18)11-16)20-8-9-21(22,13-20)15-23/h6-7,12,16,20,23H,2-5,8-11,13-15,22H2,1H3/t16-,20+,21-/m1/s1. The van der Waals surface area contributed by atoms with Crippen molar-refractivity contribution in [2.45, 2.75) is 69.7 Å². The first-order valence-corrected chi connectivity index (χ1v) is 11.9. The Morgan fingerprint density at radius 3 is 2.77 bits per heavy atom. The van der Waals surface area contributed by atoms with Gasteiger partial charge in [0.25, 0.3) is 0 Å². The second-order valence-corrected chi connectivity index (χ2v) is 10.8. The second kappa shape index (κ2) is 7.99. The number of aryl methyl sites for hydroxylation is 1. The minimum atomic E-state index is -2.92. The van der Waals surface area contributed by atoms with Crippen molar-refractivity contribution in [2.24, 2.45) is 11.7 Å². The van der Waals surface area contributed by atoms with Crippen molar-refractivity contribution in [1.82, 2.24) is 0 Å². The van der Waals surface area contributed by atoms with Gasteiger partial charge in [0.05, 0.1) is 18.1 Å². The van der Waals surface area contributed by atoms with E-state index in [2.05, 4.69) is 18.2 Å². The van der Waals surface area contributed by atoms with E-state index in [0.29, 0.717) is 17.4 Å². The van der Waals surface area contributed by atoms with Crippen molar-refractivity contribution in [2.75, 3.05) is 18.1 Å². The highest BCUT2D eigenvalue weighted by Crippen LogP contribution is 2.40. The summed E-state index contributed by atoms with van der Waals surface area (Å²) < 4.78 is 24.5. The molecule has 5 heteroatoms. The zero-order valence-corrected chi connectivity index (χ0v) is 16.7. The van der Waals surface area contributed by atoms with E-state index < -0.39 is 15.4 Å². The van der Waals surface area contributed by atoms with Gasteiger partial charge in [-0.15, -0.1) is 0 Å². The van der Waals surface area contributed by atoms with Crippen LogP contribution in [0.25, 0.3) is 0 Å². The third-order valence-electron chi connectivity index (χ3n) is 6.29. The van der Waals surface area contributed by atoms with Crippen LogP contribution in [0.1, 0.15) is 68.1 Å². The number of hydrogen-bond donors (Lipinski definition) is 2. The third-order valence-corrected chi connectivity index (χ3v) is 8.18. The summed E-state index contributed by atoms with van der Waals surface area (Å²) >= 11 is 0. The van der Waals surface area contributed by atoms with E-state index in [9.17, 15) is 13.5 Å². The molecule has 3 rings (SSSR count). The van der Waals surface area contributed by atoms with Crippen molar-refractivity contribution in [1.29, 1.82) is 0 Å². The fourth-order valence-corrected chi connectivity index (χ4v) is 6.54. The van der Waals surface area contributed by atoms with Gasteiger partial charge in [-0.2, -0.15) is 0 Å². The van der Waals surface area contributed by atoms with Gasteiger partial charge in [-0.1, -0.05) is 31.5 Å². The summed E-state index contributed by atoms with van der Waals surface area (Å²) in [4.78, 5) is 0. The normalized spacial score (nSPS) is 28.9. The molecule has 0 saturated heterocycles. The smallest absolute Gasteiger partial charge is 0.150 e. The number of fused-ring (bicyclic) bond motifs is 1. The Bertz CT molecular complexity index is 731. The molecule has 1 saturated carbocycles. The summed E-state index contributed by atoms with van der Waals surface area (Å²) in [6.45, 7) is 2.09. The SMILES string of the molecule is CCCCS(=O)(=O)C[C@@H]1CCc2cc([C@H]3CC[C@](N)(CO)C3)ccc2C1. The lowest BCUT2D eigenvalue weighted by Crippen LogP contribution is -2.40. The lowest BCUT2D eigenvalue weighted by atomic mass is 9.82. The fourth-order valence-electron chi connectivity index (χ4n) is 4.64. The molecule has 4 nitrogen and oxygen atoms in total. The van der Waals surface area contributed by atoms with Crippen LogP contribution in [0.5, 0.6) is 0 Å². The zero-order chi connectivity index (χ0) is 18.8. The molecule has 3 atom stereocenters. The van der Waals surface area contributed by atoms with Crippen molar-refractivity contribution in [3.8, 4) is 0 Å². The predicted octanol–water partition coefficient (Wildman–Crippen LogP) is 2.96. The molecule has 0 unspecified atom stereocenters. The van der Waals surface area contributed by atoms with Crippen LogP contribution in [0.15, 0.2) is 18.2 Å². The van der Waals surface area contributed by atoms with Crippen LogP contribution < -0.4 is 5.73 Å². The number of unbranched alkanes of at least 4 members (excludes halogenated alkanes) is 1. The van der Waals surface area contributed by atoms with Crippen LogP contribution in [0.3, 0.4) is 0 Å². The fraction of sp³-hybridized carbons (Fsp3) is 0.714. The summed E-state index contributed by atoms with van der Waals surface area (Å²) in [7, 11) is -2.92. The molecule has 0 aliphatic heterocycles. The van der Waals surface area contributed by atoms with Crippen LogP contribution in [0.2, 0.25) is 0 Å². The van der Waals surface area contributed by atoms with Gasteiger partial charge in [-0.05, 0) is 73.5 Å². The van der Waals surface area contributed by atoms with E-state index in [1.54, 1.807) is 0 Å². The van der Waals surface area contributed by atoms with E-state index in [1.807, 2.05) is 6.92 Å². The van der Waals surface area contributed by atoms with Gasteiger partial charge in [0.15, 0.2) is 9.84 Å². The second-order valence-electron chi connectivity index (χ2n) is 8.57. The maximum atomic E-state index is 12.3. The van der Waals surface area contributed by atoms with E-state index in [1.165, 1.54) is 16.7 Å². The highest BCUT2D eigenvalue weighted by molar-refractivity contribution is 7.91. The van der Waals surface area contributed by atoms with Crippen molar-refractivity contribution >= 4 is 9.84 Å². The van der Waals surface area contributed by atoms with E-state index >= 15 is 0 Å². The predicted molar refractivity (Wildman–Crippen MR) is 106 cm³/mol. The van der Waals surface area contributed by atoms with Gasteiger partial charge < -0.3 is 10.8 Å². The molecule has 0 amide bonds. The first kappa shape index (κ1) is 19.8. The Balaban J connectivity index is 1.65. The minimum Gasteiger partial charge on any atom is -0.394 e. The van der Waals surface area contributed by atoms with E-state index in [0.717, 1.165) is 51.4 Å². The molecule has 0 bridgehead atoms. The molecule has 0 spiro atoms. The van der Waals surface area contributed by atoms with Gasteiger partial charge >= 0.3 is 0 Å². The molecule has 1 aromatic carbocycles. The largest absolute Gasteiger partial charge is 0.394 e. The number of aliphatic hydroxyl groups excluding tert-OH is 1.